The van der Waals surface area contributed by atoms with E-state index in [1.54, 1.807) is 6.07 Å². The third-order valence-electron chi connectivity index (χ3n) is 5.96. The summed E-state index contributed by atoms with van der Waals surface area (Å²) in [5.41, 5.74) is 13.6. The summed E-state index contributed by atoms with van der Waals surface area (Å²) >= 11 is 0. The summed E-state index contributed by atoms with van der Waals surface area (Å²) in [5, 5.41) is 9.11. The van der Waals surface area contributed by atoms with Crippen LogP contribution in [0.2, 0.25) is 0 Å². The third kappa shape index (κ3) is 4.94. The average Bonchev–Trinajstić information content (AvgIpc) is 3.11. The number of hydrogen-bond acceptors (Lipinski definition) is 3. The predicted octanol–water partition coefficient (Wildman–Crippen LogP) is 5.33. The zero-order valence-electron chi connectivity index (χ0n) is 19.1. The highest BCUT2D eigenvalue weighted by atomic mass is 16.5. The molecule has 0 saturated carbocycles. The number of rotatable bonds is 9. The Hall–Kier alpha value is -4.12. The quantitative estimate of drug-likeness (QED) is 0.458. The van der Waals surface area contributed by atoms with E-state index in [1.165, 1.54) is 11.1 Å². The second-order valence-corrected chi connectivity index (χ2v) is 8.23. The zero-order chi connectivity index (χ0) is 24.1. The molecule has 0 radical (unpaired) electrons. The monoisotopic (exact) mass is 453 g/mol. The fraction of sp³-hybridized carbons (Fsp3) is 0.172. The molecule has 0 heterocycles. The van der Waals surface area contributed by atoms with Gasteiger partial charge in [-0.1, -0.05) is 73.7 Å². The normalized spacial score (nSPS) is 13.7. The molecule has 34 heavy (non-hydrogen) atoms. The molecule has 1 aliphatic rings. The number of hydrogen-bond donors (Lipinski definition) is 2. The van der Waals surface area contributed by atoms with E-state index >= 15 is 0 Å². The van der Waals surface area contributed by atoms with E-state index in [0.717, 1.165) is 39.8 Å². The molecule has 5 nitrogen and oxygen atoms in total. The van der Waals surface area contributed by atoms with Gasteiger partial charge in [-0.3, -0.25) is 4.79 Å². The largest absolute Gasteiger partial charge is 0.481 e. The van der Waals surface area contributed by atoms with Crippen LogP contribution >= 0.6 is 0 Å². The summed E-state index contributed by atoms with van der Waals surface area (Å²) in [6.07, 6.45) is 3.72. The second-order valence-electron chi connectivity index (χ2n) is 8.23. The molecule has 172 valence electrons. The van der Waals surface area contributed by atoms with Gasteiger partial charge in [0.15, 0.2) is 6.61 Å². The van der Waals surface area contributed by atoms with Gasteiger partial charge in [0.05, 0.1) is 6.42 Å². The van der Waals surface area contributed by atoms with Crippen molar-refractivity contribution >= 4 is 29.1 Å². The molecule has 0 atom stereocenters. The molecule has 3 aromatic carbocycles. The Morgan fingerprint density at radius 2 is 1.68 bits per heavy atom. The Kier molecular flexibility index (Phi) is 6.93. The number of benzene rings is 3. The molecule has 3 aromatic rings. The molecule has 0 spiro atoms. The second kappa shape index (κ2) is 10.2. The van der Waals surface area contributed by atoms with Gasteiger partial charge < -0.3 is 15.6 Å². The maximum atomic E-state index is 12.0. The first-order valence-corrected chi connectivity index (χ1v) is 11.3. The van der Waals surface area contributed by atoms with Crippen molar-refractivity contribution in [2.75, 3.05) is 6.61 Å². The molecule has 1 amide bonds. The Morgan fingerprint density at radius 3 is 2.38 bits per heavy atom. The van der Waals surface area contributed by atoms with Gasteiger partial charge in [-0.2, -0.15) is 0 Å². The number of carboxylic acid groups (broad SMARTS) is 1. The third-order valence-corrected chi connectivity index (χ3v) is 5.96. The number of primary amides is 1. The number of ether oxygens (including phenoxy) is 1. The van der Waals surface area contributed by atoms with Gasteiger partial charge in [0, 0.05) is 5.56 Å². The highest BCUT2D eigenvalue weighted by Crippen LogP contribution is 2.48. The minimum absolute atomic E-state index is 0.0621. The summed E-state index contributed by atoms with van der Waals surface area (Å²) < 4.78 is 5.60. The lowest BCUT2D eigenvalue weighted by Gasteiger charge is -2.12. The van der Waals surface area contributed by atoms with E-state index < -0.39 is 18.5 Å². The van der Waals surface area contributed by atoms with Crippen molar-refractivity contribution in [1.29, 1.82) is 0 Å². The van der Waals surface area contributed by atoms with Crippen LogP contribution in [0.5, 0.6) is 5.75 Å². The molecule has 1 aliphatic carbocycles. The summed E-state index contributed by atoms with van der Waals surface area (Å²) in [6, 6.07) is 24.2. The van der Waals surface area contributed by atoms with Crippen LogP contribution in [0.15, 0.2) is 78.4 Å². The highest BCUT2D eigenvalue weighted by molar-refractivity contribution is 6.09. The number of carbonyl (C=O) groups is 2. The predicted molar refractivity (Wildman–Crippen MR) is 134 cm³/mol. The molecule has 0 aromatic heterocycles. The van der Waals surface area contributed by atoms with Gasteiger partial charge in [-0.05, 0) is 64.0 Å². The maximum Gasteiger partial charge on any atom is 0.341 e. The molecule has 3 N–H and O–H groups in total. The Balaban J connectivity index is 1.85. The molecule has 0 unspecified atom stereocenters. The number of fused-ring (bicyclic) bond motifs is 1. The lowest BCUT2D eigenvalue weighted by atomic mass is 9.94. The van der Waals surface area contributed by atoms with Gasteiger partial charge in [0.2, 0.25) is 5.91 Å². The lowest BCUT2D eigenvalue weighted by molar-refractivity contribution is -0.139. The summed E-state index contributed by atoms with van der Waals surface area (Å²) in [6.45, 7) is 1.59. The van der Waals surface area contributed by atoms with E-state index in [0.29, 0.717) is 12.2 Å². The summed E-state index contributed by atoms with van der Waals surface area (Å²) in [7, 11) is 0. The van der Waals surface area contributed by atoms with E-state index in [4.69, 9.17) is 15.6 Å². The Labute approximate surface area is 199 Å². The Morgan fingerprint density at radius 1 is 0.941 bits per heavy atom. The van der Waals surface area contributed by atoms with Gasteiger partial charge >= 0.3 is 5.97 Å². The van der Waals surface area contributed by atoms with E-state index in [9.17, 15) is 9.59 Å². The van der Waals surface area contributed by atoms with Crippen LogP contribution < -0.4 is 10.5 Å². The molecule has 5 heteroatoms. The van der Waals surface area contributed by atoms with Gasteiger partial charge in [0.25, 0.3) is 0 Å². The molecule has 0 saturated heterocycles. The van der Waals surface area contributed by atoms with Crippen molar-refractivity contribution in [3.05, 3.63) is 106 Å². The van der Waals surface area contributed by atoms with Crippen molar-refractivity contribution < 1.29 is 19.4 Å². The fourth-order valence-electron chi connectivity index (χ4n) is 4.55. The summed E-state index contributed by atoms with van der Waals surface area (Å²) in [4.78, 5) is 23.1. The van der Waals surface area contributed by atoms with Gasteiger partial charge in [-0.25, -0.2) is 4.79 Å². The minimum Gasteiger partial charge on any atom is -0.481 e. The number of aliphatic carboxylic acids is 1. The number of allylic oxidation sites excluding steroid dienone is 2. The zero-order valence-corrected chi connectivity index (χ0v) is 19.1. The number of nitrogens with two attached hydrogens (primary N) is 1. The molecule has 0 fully saturated rings. The van der Waals surface area contributed by atoms with Crippen LogP contribution in [0.1, 0.15) is 47.6 Å². The maximum absolute atomic E-state index is 12.0. The van der Waals surface area contributed by atoms with Gasteiger partial charge in [0.1, 0.15) is 5.75 Å². The van der Waals surface area contributed by atoms with Crippen LogP contribution in [0.3, 0.4) is 0 Å². The highest BCUT2D eigenvalue weighted by Gasteiger charge is 2.29. The molecule has 4 rings (SSSR count). The van der Waals surface area contributed by atoms with Crippen LogP contribution in [-0.4, -0.2) is 23.6 Å². The number of carbonyl (C=O) groups excluding carboxylic acids is 1. The minimum atomic E-state index is -1.06. The fourth-order valence-corrected chi connectivity index (χ4v) is 4.55. The molecule has 0 aliphatic heterocycles. The average molecular weight is 454 g/mol. The number of amides is 1. The van der Waals surface area contributed by atoms with E-state index in [2.05, 4.69) is 30.3 Å². The van der Waals surface area contributed by atoms with Crippen LogP contribution in [-0.2, 0) is 16.0 Å². The number of carboxylic acids is 1. The topological polar surface area (TPSA) is 89.6 Å². The van der Waals surface area contributed by atoms with Crippen molar-refractivity contribution in [1.82, 2.24) is 0 Å². The van der Waals surface area contributed by atoms with Crippen LogP contribution in [0.25, 0.3) is 17.2 Å². The van der Waals surface area contributed by atoms with Crippen molar-refractivity contribution in [2.24, 2.45) is 5.73 Å². The van der Waals surface area contributed by atoms with Gasteiger partial charge in [-0.15, -0.1) is 0 Å². The smallest absolute Gasteiger partial charge is 0.341 e. The van der Waals surface area contributed by atoms with Crippen LogP contribution in [0.4, 0.5) is 0 Å². The molecular weight excluding hydrogens is 426 g/mol. The van der Waals surface area contributed by atoms with E-state index in [-0.39, 0.29) is 6.42 Å². The van der Waals surface area contributed by atoms with Crippen LogP contribution in [0, 0.1) is 0 Å². The lowest BCUT2D eigenvalue weighted by Crippen LogP contribution is -2.13. The van der Waals surface area contributed by atoms with Crippen molar-refractivity contribution in [3.63, 3.8) is 0 Å². The first-order valence-electron chi connectivity index (χ1n) is 11.3. The van der Waals surface area contributed by atoms with E-state index in [1.807, 2.05) is 49.4 Å². The Bertz CT molecular complexity index is 1290. The standard InChI is InChI=1S/C29H27NO4/c1-2-22-24(16-21-12-7-6-11-20(21)15-19-9-4-3-5-10-19)23-13-8-14-26(34-18-28(32)33)29(23)25(22)17-27(30)31/h3-14,16H,2,15,17-18H2,1H3,(H2,30,31)(H,32,33)/b24-16-. The van der Waals surface area contributed by atoms with Crippen molar-refractivity contribution in [2.45, 2.75) is 26.2 Å². The first-order chi connectivity index (χ1) is 16.5. The van der Waals surface area contributed by atoms with Crippen molar-refractivity contribution in [3.8, 4) is 5.75 Å². The SMILES string of the molecule is CCC1=C(CC(N)=O)c2c(OCC(=O)O)cccc2/C1=C\c1ccccc1Cc1ccccc1. The summed E-state index contributed by atoms with van der Waals surface area (Å²) in [5.74, 6) is -1.05. The first kappa shape index (κ1) is 23.1. The molecular formula is C29H27NO4. The molecule has 0 bridgehead atoms.